The Morgan fingerprint density at radius 1 is 1.26 bits per heavy atom. The average Bonchev–Trinajstić information content (AvgIpc) is 2.93. The van der Waals surface area contributed by atoms with Crippen LogP contribution in [-0.4, -0.2) is 36.6 Å². The van der Waals surface area contributed by atoms with Crippen LogP contribution in [0.5, 0.6) is 0 Å². The Bertz CT molecular complexity index is 854. The summed E-state index contributed by atoms with van der Waals surface area (Å²) in [7, 11) is 1.65. The predicted octanol–water partition coefficient (Wildman–Crippen LogP) is 4.41. The maximum atomic E-state index is 12.5. The molecule has 2 rings (SSSR count). The van der Waals surface area contributed by atoms with Crippen LogP contribution in [0.1, 0.15) is 40.3 Å². The van der Waals surface area contributed by atoms with Crippen molar-refractivity contribution in [2.45, 2.75) is 26.8 Å². The van der Waals surface area contributed by atoms with Crippen LogP contribution in [-0.2, 0) is 14.3 Å². The summed E-state index contributed by atoms with van der Waals surface area (Å²) < 4.78 is 12.3. The van der Waals surface area contributed by atoms with Gasteiger partial charge in [-0.2, -0.15) is 0 Å². The molecule has 1 aromatic heterocycles. The molecule has 0 aliphatic carbocycles. The summed E-state index contributed by atoms with van der Waals surface area (Å²) in [6.45, 7) is 6.08. The van der Waals surface area contributed by atoms with Crippen molar-refractivity contribution in [3.8, 4) is 0 Å². The Kier molecular flexibility index (Phi) is 7.39. The molecule has 0 aliphatic heterocycles. The quantitative estimate of drug-likeness (QED) is 0.381. The molecule has 0 saturated heterocycles. The number of carbonyl (C=O) groups excluding carboxylic acids is 2. The van der Waals surface area contributed by atoms with Gasteiger partial charge in [-0.3, -0.25) is 4.79 Å². The zero-order chi connectivity index (χ0) is 20.0. The molecular weight excluding hydrogens is 366 g/mol. The normalized spacial score (nSPS) is 12.3. The van der Waals surface area contributed by atoms with Crippen LogP contribution in [0.3, 0.4) is 0 Å². The lowest BCUT2D eigenvalue weighted by molar-refractivity contribution is -0.136. The Morgan fingerprint density at radius 2 is 1.96 bits per heavy atom. The van der Waals surface area contributed by atoms with Crippen molar-refractivity contribution in [1.82, 2.24) is 4.57 Å². The summed E-state index contributed by atoms with van der Waals surface area (Å²) in [5.41, 5.74) is 3.06. The third-order valence-electron chi connectivity index (χ3n) is 4.28. The van der Waals surface area contributed by atoms with E-state index in [4.69, 9.17) is 21.1 Å². The lowest BCUT2D eigenvalue weighted by atomic mass is 10.1. The molecule has 0 fully saturated rings. The third-order valence-corrected chi connectivity index (χ3v) is 4.63. The zero-order valence-electron chi connectivity index (χ0n) is 16.0. The number of rotatable bonds is 8. The fourth-order valence-corrected chi connectivity index (χ4v) is 3.28. The van der Waals surface area contributed by atoms with Crippen molar-refractivity contribution in [1.29, 1.82) is 0 Å². The molecule has 144 valence electrons. The van der Waals surface area contributed by atoms with Gasteiger partial charge in [-0.1, -0.05) is 29.8 Å². The van der Waals surface area contributed by atoms with Crippen molar-refractivity contribution >= 4 is 29.4 Å². The summed E-state index contributed by atoms with van der Waals surface area (Å²) in [5, 5.41) is 0.537. The van der Waals surface area contributed by atoms with Gasteiger partial charge in [-0.15, -0.1) is 0 Å². The molecule has 5 nitrogen and oxygen atoms in total. The Labute approximate surface area is 164 Å². The minimum atomic E-state index is -0.593. The van der Waals surface area contributed by atoms with E-state index >= 15 is 0 Å². The largest absolute Gasteiger partial charge is 0.454 e. The van der Waals surface area contributed by atoms with E-state index in [0.29, 0.717) is 22.8 Å². The van der Waals surface area contributed by atoms with E-state index in [9.17, 15) is 9.59 Å². The second-order valence-corrected chi connectivity index (χ2v) is 6.75. The number of esters is 1. The van der Waals surface area contributed by atoms with E-state index in [-0.39, 0.29) is 18.4 Å². The Hall–Kier alpha value is -2.37. The molecule has 1 heterocycles. The molecule has 0 amide bonds. The zero-order valence-corrected chi connectivity index (χ0v) is 16.7. The van der Waals surface area contributed by atoms with Gasteiger partial charge in [0.2, 0.25) is 5.78 Å². The highest BCUT2D eigenvalue weighted by Gasteiger charge is 2.19. The number of halogens is 1. The highest BCUT2D eigenvalue weighted by Crippen LogP contribution is 2.21. The molecule has 2 aromatic rings. The van der Waals surface area contributed by atoms with Gasteiger partial charge in [-0.05, 0) is 44.5 Å². The number of methoxy groups -OCH3 is 1. The number of ether oxygens (including phenoxy) is 2. The van der Waals surface area contributed by atoms with Gasteiger partial charge in [0, 0.05) is 35.2 Å². The maximum Gasteiger partial charge on any atom is 0.331 e. The molecule has 0 unspecified atom stereocenters. The molecule has 0 spiro atoms. The number of carbonyl (C=O) groups is 2. The van der Waals surface area contributed by atoms with Gasteiger partial charge in [-0.25, -0.2) is 4.79 Å². The van der Waals surface area contributed by atoms with Gasteiger partial charge in [0.1, 0.15) is 0 Å². The molecule has 6 heteroatoms. The minimum absolute atomic E-state index is 0.109. The van der Waals surface area contributed by atoms with Crippen LogP contribution >= 0.6 is 11.6 Å². The van der Waals surface area contributed by atoms with E-state index in [0.717, 1.165) is 11.4 Å². The van der Waals surface area contributed by atoms with Crippen molar-refractivity contribution in [2.24, 2.45) is 0 Å². The second kappa shape index (κ2) is 9.53. The van der Waals surface area contributed by atoms with Gasteiger partial charge in [0.25, 0.3) is 0 Å². The molecule has 0 saturated carbocycles. The molecule has 1 aromatic carbocycles. The summed E-state index contributed by atoms with van der Waals surface area (Å²) >= 11 is 6.03. The number of benzene rings is 1. The molecule has 0 radical (unpaired) electrons. The van der Waals surface area contributed by atoms with Gasteiger partial charge >= 0.3 is 5.97 Å². The molecule has 0 N–H and O–H groups in total. The number of hydrogen-bond acceptors (Lipinski definition) is 4. The standard InChI is InChI=1S/C21H24ClNO4/c1-14-11-18(16(3)23(14)15(2)12-26-4)20(24)13-27-21(25)10-9-17-7-5-6-8-19(17)22/h5-11,15H,12-13H2,1-4H3/b10-9+/t15-/m0/s1. The first-order chi connectivity index (χ1) is 12.8. The maximum absolute atomic E-state index is 12.5. The van der Waals surface area contributed by atoms with E-state index in [2.05, 4.69) is 4.57 Å². The number of hydrogen-bond donors (Lipinski definition) is 0. The predicted molar refractivity (Wildman–Crippen MR) is 106 cm³/mol. The monoisotopic (exact) mass is 389 g/mol. The van der Waals surface area contributed by atoms with E-state index in [1.165, 1.54) is 6.08 Å². The molecule has 1 atom stereocenters. The highest BCUT2D eigenvalue weighted by atomic mass is 35.5. The number of nitrogens with zero attached hydrogens (tertiary/aromatic N) is 1. The van der Waals surface area contributed by atoms with Gasteiger partial charge in [0.05, 0.1) is 12.6 Å². The minimum Gasteiger partial charge on any atom is -0.454 e. The fourth-order valence-electron chi connectivity index (χ4n) is 3.08. The molecule has 27 heavy (non-hydrogen) atoms. The van der Waals surface area contributed by atoms with Crippen LogP contribution in [0.15, 0.2) is 36.4 Å². The van der Waals surface area contributed by atoms with E-state index < -0.39 is 5.97 Å². The SMILES string of the molecule is COC[C@H](C)n1c(C)cc(C(=O)COC(=O)/C=C/c2ccccc2Cl)c1C. The van der Waals surface area contributed by atoms with Crippen LogP contribution < -0.4 is 0 Å². The topological polar surface area (TPSA) is 57.5 Å². The first-order valence-corrected chi connectivity index (χ1v) is 9.02. The van der Waals surface area contributed by atoms with Crippen LogP contribution in [0.25, 0.3) is 6.08 Å². The second-order valence-electron chi connectivity index (χ2n) is 6.34. The molecule has 0 bridgehead atoms. The van der Waals surface area contributed by atoms with Crippen molar-refractivity contribution in [3.05, 3.63) is 63.9 Å². The molecular formula is C21H24ClNO4. The fraction of sp³-hybridized carbons (Fsp3) is 0.333. The number of Topliss-reactive ketones (excluding diaryl/α,β-unsaturated/α-hetero) is 1. The van der Waals surface area contributed by atoms with E-state index in [1.54, 1.807) is 31.4 Å². The third kappa shape index (κ3) is 5.31. The number of aryl methyl sites for hydroxylation is 1. The van der Waals surface area contributed by atoms with Gasteiger partial charge in [0.15, 0.2) is 6.61 Å². The van der Waals surface area contributed by atoms with Crippen LogP contribution in [0.4, 0.5) is 0 Å². The van der Waals surface area contributed by atoms with Crippen LogP contribution in [0.2, 0.25) is 5.02 Å². The lowest BCUT2D eigenvalue weighted by Gasteiger charge is -2.17. The van der Waals surface area contributed by atoms with Crippen molar-refractivity contribution in [2.75, 3.05) is 20.3 Å². The summed E-state index contributed by atoms with van der Waals surface area (Å²) in [4.78, 5) is 24.4. The van der Waals surface area contributed by atoms with Crippen molar-refractivity contribution in [3.63, 3.8) is 0 Å². The first-order valence-electron chi connectivity index (χ1n) is 8.65. The number of aromatic nitrogens is 1. The first kappa shape index (κ1) is 20.9. The average molecular weight is 390 g/mol. The highest BCUT2D eigenvalue weighted by molar-refractivity contribution is 6.32. The smallest absolute Gasteiger partial charge is 0.331 e. The Morgan fingerprint density at radius 3 is 2.63 bits per heavy atom. The Balaban J connectivity index is 2.00. The van der Waals surface area contributed by atoms with Crippen molar-refractivity contribution < 1.29 is 19.1 Å². The molecule has 0 aliphatic rings. The number of ketones is 1. The lowest BCUT2D eigenvalue weighted by Crippen LogP contribution is -2.16. The summed E-state index contributed by atoms with van der Waals surface area (Å²) in [6, 6.07) is 9.07. The van der Waals surface area contributed by atoms with E-state index in [1.807, 2.05) is 32.9 Å². The summed E-state index contributed by atoms with van der Waals surface area (Å²) in [6.07, 6.45) is 2.83. The van der Waals surface area contributed by atoms with Crippen LogP contribution in [0, 0.1) is 13.8 Å². The summed E-state index contributed by atoms with van der Waals surface area (Å²) in [5.74, 6) is -0.830. The van der Waals surface area contributed by atoms with Gasteiger partial charge < -0.3 is 14.0 Å².